The highest BCUT2D eigenvalue weighted by atomic mass is 19.4. The summed E-state index contributed by atoms with van der Waals surface area (Å²) in [5.74, 6) is 0.286. The van der Waals surface area contributed by atoms with Gasteiger partial charge in [-0.3, -0.25) is 9.69 Å². The Balaban J connectivity index is 1.54. The average Bonchev–Trinajstić information content (AvgIpc) is 3.21. The molecule has 2 aromatic heterocycles. The van der Waals surface area contributed by atoms with Gasteiger partial charge in [-0.25, -0.2) is 9.97 Å². The number of fused-ring (bicyclic) bond motifs is 1. The Morgan fingerprint density at radius 3 is 2.56 bits per heavy atom. The van der Waals surface area contributed by atoms with Gasteiger partial charge in [0.05, 0.1) is 23.6 Å². The number of hydrogen-bond acceptors (Lipinski definition) is 6. The Labute approximate surface area is 207 Å². The second kappa shape index (κ2) is 10.4. The van der Waals surface area contributed by atoms with E-state index in [1.807, 2.05) is 40.5 Å². The van der Waals surface area contributed by atoms with Crippen molar-refractivity contribution in [1.82, 2.24) is 19.4 Å². The van der Waals surface area contributed by atoms with Crippen molar-refractivity contribution in [1.29, 1.82) is 0 Å². The fraction of sp³-hybridized carbons (Fsp3) is 0.480. The van der Waals surface area contributed by atoms with E-state index in [4.69, 9.17) is 5.73 Å². The van der Waals surface area contributed by atoms with Crippen LogP contribution in [0, 0.1) is 5.92 Å². The summed E-state index contributed by atoms with van der Waals surface area (Å²) in [6.45, 7) is 6.17. The van der Waals surface area contributed by atoms with Gasteiger partial charge in [0.25, 0.3) is 0 Å². The summed E-state index contributed by atoms with van der Waals surface area (Å²) in [6, 6.07) is 7.15. The second-order valence-electron chi connectivity index (χ2n) is 9.64. The number of β-amino-alcohol motifs (C(OH)–C–C–N with tert-alkyl or cyclic N) is 1. The molecule has 0 unspecified atom stereocenters. The Bertz CT molecular complexity index is 1190. The van der Waals surface area contributed by atoms with Crippen LogP contribution in [0.1, 0.15) is 31.4 Å². The van der Waals surface area contributed by atoms with Crippen LogP contribution in [-0.2, 0) is 24.1 Å². The van der Waals surface area contributed by atoms with Crippen molar-refractivity contribution in [3.8, 4) is 0 Å². The normalized spacial score (nSPS) is 19.2. The van der Waals surface area contributed by atoms with Crippen molar-refractivity contribution < 1.29 is 23.1 Å². The van der Waals surface area contributed by atoms with Gasteiger partial charge in [-0.2, -0.15) is 13.2 Å². The summed E-state index contributed by atoms with van der Waals surface area (Å²) in [7, 11) is 0. The lowest BCUT2D eigenvalue weighted by atomic mass is 9.93. The summed E-state index contributed by atoms with van der Waals surface area (Å²) >= 11 is 0. The zero-order valence-electron chi connectivity index (χ0n) is 20.3. The largest absolute Gasteiger partial charge is 0.416 e. The van der Waals surface area contributed by atoms with Gasteiger partial charge in [0.1, 0.15) is 17.8 Å². The smallest absolute Gasteiger partial charge is 0.391 e. The van der Waals surface area contributed by atoms with Crippen LogP contribution in [0.3, 0.4) is 0 Å². The van der Waals surface area contributed by atoms with Gasteiger partial charge in [-0.05, 0) is 50.6 Å². The van der Waals surface area contributed by atoms with Crippen LogP contribution in [0.4, 0.5) is 19.0 Å². The Morgan fingerprint density at radius 2 is 1.94 bits per heavy atom. The molecular formula is C25H31F3N6O2. The van der Waals surface area contributed by atoms with Crippen molar-refractivity contribution in [3.05, 3.63) is 54.0 Å². The number of nitrogens with two attached hydrogens (primary N) is 1. The monoisotopic (exact) mass is 504 g/mol. The van der Waals surface area contributed by atoms with Gasteiger partial charge >= 0.3 is 6.18 Å². The molecule has 1 aliphatic heterocycles. The number of alkyl halides is 3. The topological polar surface area (TPSA) is 101 Å². The lowest BCUT2D eigenvalue weighted by molar-refractivity contribution is -0.137. The summed E-state index contributed by atoms with van der Waals surface area (Å²) in [4.78, 5) is 24.1. The molecule has 11 heteroatoms. The molecule has 3 aromatic rings. The summed E-state index contributed by atoms with van der Waals surface area (Å²) < 4.78 is 40.8. The van der Waals surface area contributed by atoms with E-state index < -0.39 is 23.8 Å². The van der Waals surface area contributed by atoms with Crippen LogP contribution in [0.5, 0.6) is 0 Å². The number of likely N-dealkylation sites (tertiary alicyclic amines) is 1. The minimum atomic E-state index is -4.37. The number of carbonyl (C=O) groups excluding carboxylic acids is 1. The number of halogens is 3. The van der Waals surface area contributed by atoms with Crippen LogP contribution in [-0.4, -0.2) is 62.2 Å². The number of anilines is 1. The number of benzene rings is 1. The molecule has 1 aliphatic rings. The maximum absolute atomic E-state index is 12.9. The lowest BCUT2D eigenvalue weighted by Crippen LogP contribution is -2.47. The molecule has 0 spiro atoms. The summed E-state index contributed by atoms with van der Waals surface area (Å²) in [6.07, 6.45) is -0.838. The molecule has 4 rings (SSSR count). The van der Waals surface area contributed by atoms with Crippen molar-refractivity contribution in [3.63, 3.8) is 0 Å². The predicted molar refractivity (Wildman–Crippen MR) is 130 cm³/mol. The SMILES string of the molecule is CC(C)N(Cc1ccc(C(F)(F)F)cc1)c1ncnc2c1ccn2C[C@@H]1CCN(CC(N)=O)C[C@H]1O. The van der Waals surface area contributed by atoms with Crippen molar-refractivity contribution in [2.45, 2.75) is 51.7 Å². The highest BCUT2D eigenvalue weighted by Gasteiger charge is 2.31. The van der Waals surface area contributed by atoms with E-state index >= 15 is 0 Å². The number of hydrogen-bond donors (Lipinski definition) is 2. The highest BCUT2D eigenvalue weighted by molar-refractivity contribution is 5.88. The van der Waals surface area contributed by atoms with Crippen molar-refractivity contribution in [2.24, 2.45) is 11.7 Å². The maximum atomic E-state index is 12.9. The van der Waals surface area contributed by atoms with E-state index in [9.17, 15) is 23.1 Å². The molecule has 0 aliphatic carbocycles. The van der Waals surface area contributed by atoms with E-state index in [0.717, 1.165) is 35.2 Å². The van der Waals surface area contributed by atoms with Gasteiger partial charge in [-0.15, -0.1) is 0 Å². The molecule has 0 bridgehead atoms. The van der Waals surface area contributed by atoms with Gasteiger partial charge in [0, 0.05) is 37.8 Å². The van der Waals surface area contributed by atoms with Gasteiger partial charge in [0.2, 0.25) is 5.91 Å². The molecule has 2 atom stereocenters. The van der Waals surface area contributed by atoms with Gasteiger partial charge in [0.15, 0.2) is 0 Å². The molecule has 1 amide bonds. The van der Waals surface area contributed by atoms with Crippen molar-refractivity contribution >= 4 is 22.8 Å². The van der Waals surface area contributed by atoms with Crippen LogP contribution in [0.25, 0.3) is 11.0 Å². The first-order valence-corrected chi connectivity index (χ1v) is 11.9. The number of carbonyl (C=O) groups is 1. The second-order valence-corrected chi connectivity index (χ2v) is 9.64. The zero-order valence-corrected chi connectivity index (χ0v) is 20.3. The van der Waals surface area contributed by atoms with Crippen molar-refractivity contribution in [2.75, 3.05) is 24.5 Å². The molecule has 36 heavy (non-hydrogen) atoms. The number of aliphatic hydroxyl groups is 1. The molecule has 3 heterocycles. The van der Waals surface area contributed by atoms with Crippen LogP contribution in [0.15, 0.2) is 42.9 Å². The standard InChI is InChI=1S/C25H31F3N6O2/c1-16(2)34(11-17-3-5-19(6-4-17)25(26,27)28)24-20-8-10-33(23(20)30-15-31-24)12-18-7-9-32(13-21(18)35)14-22(29)36/h3-6,8,10,15-16,18,21,35H,7,9,11-14H2,1-2H3,(H2,29,36)/t18-,21+/m0/s1. The fourth-order valence-corrected chi connectivity index (χ4v) is 4.74. The number of rotatable bonds is 8. The minimum absolute atomic E-state index is 0.00325. The predicted octanol–water partition coefficient (Wildman–Crippen LogP) is 3.03. The Kier molecular flexibility index (Phi) is 7.51. The van der Waals surface area contributed by atoms with E-state index in [0.29, 0.717) is 32.0 Å². The van der Waals surface area contributed by atoms with E-state index in [1.54, 1.807) is 0 Å². The number of amides is 1. The molecular weight excluding hydrogens is 473 g/mol. The first-order chi connectivity index (χ1) is 17.0. The molecule has 8 nitrogen and oxygen atoms in total. The summed E-state index contributed by atoms with van der Waals surface area (Å²) in [5.41, 5.74) is 6.07. The first kappa shape index (κ1) is 25.9. The van der Waals surface area contributed by atoms with E-state index in [-0.39, 0.29) is 18.5 Å². The fourth-order valence-electron chi connectivity index (χ4n) is 4.74. The third kappa shape index (κ3) is 5.79. The zero-order chi connectivity index (χ0) is 26.0. The third-order valence-electron chi connectivity index (χ3n) is 6.68. The third-order valence-corrected chi connectivity index (χ3v) is 6.68. The lowest BCUT2D eigenvalue weighted by Gasteiger charge is -2.35. The number of nitrogens with zero attached hydrogens (tertiary/aromatic N) is 5. The molecule has 3 N–H and O–H groups in total. The van der Waals surface area contributed by atoms with E-state index in [2.05, 4.69) is 9.97 Å². The number of aliphatic hydroxyl groups excluding tert-OH is 1. The quantitative estimate of drug-likeness (QED) is 0.489. The molecule has 1 aromatic carbocycles. The molecule has 0 radical (unpaired) electrons. The Morgan fingerprint density at radius 1 is 1.22 bits per heavy atom. The molecule has 0 saturated carbocycles. The van der Waals surface area contributed by atoms with Gasteiger partial charge in [-0.1, -0.05) is 12.1 Å². The van der Waals surface area contributed by atoms with E-state index in [1.165, 1.54) is 18.5 Å². The highest BCUT2D eigenvalue weighted by Crippen LogP contribution is 2.31. The first-order valence-electron chi connectivity index (χ1n) is 11.9. The van der Waals surface area contributed by atoms with Crippen LogP contribution >= 0.6 is 0 Å². The van der Waals surface area contributed by atoms with Gasteiger partial charge < -0.3 is 20.3 Å². The molecule has 1 fully saturated rings. The summed E-state index contributed by atoms with van der Waals surface area (Å²) in [5, 5.41) is 11.5. The maximum Gasteiger partial charge on any atom is 0.416 e. The number of piperidine rings is 1. The minimum Gasteiger partial charge on any atom is -0.391 e. The average molecular weight is 505 g/mol. The molecule has 1 saturated heterocycles. The Hall–Kier alpha value is -3.18. The number of primary amides is 1. The van der Waals surface area contributed by atoms with Crippen LogP contribution in [0.2, 0.25) is 0 Å². The van der Waals surface area contributed by atoms with Crippen LogP contribution < -0.4 is 10.6 Å². The molecule has 194 valence electrons. The number of aromatic nitrogens is 3.